The summed E-state index contributed by atoms with van der Waals surface area (Å²) in [4.78, 5) is -0.146. The number of halogens is 3. The van der Waals surface area contributed by atoms with Crippen molar-refractivity contribution in [1.29, 1.82) is 0 Å². The molecule has 0 aliphatic carbocycles. The monoisotopic (exact) mass is 453 g/mol. The smallest absolute Gasteiger partial charge is 0.264 e. The summed E-state index contributed by atoms with van der Waals surface area (Å²) in [6.07, 6.45) is 0.654. The van der Waals surface area contributed by atoms with Crippen molar-refractivity contribution in [3.8, 4) is 0 Å². The molecule has 2 aromatic rings. The molecule has 1 aromatic carbocycles. The first kappa shape index (κ1) is 19.6. The summed E-state index contributed by atoms with van der Waals surface area (Å²) in [6.45, 7) is 5.90. The van der Waals surface area contributed by atoms with Crippen molar-refractivity contribution < 1.29 is 8.42 Å². The number of aryl methyl sites for hydroxylation is 1. The van der Waals surface area contributed by atoms with Gasteiger partial charge >= 0.3 is 0 Å². The SMILES string of the molecule is Cc1c(NS(=O)(=O)c2c(Cl)cc(Br)cc2Cl)c(CC(C)C)nn1C. The maximum absolute atomic E-state index is 12.8. The molecule has 0 amide bonds. The molecule has 5 nitrogen and oxygen atoms in total. The molecule has 2 rings (SSSR count). The number of aromatic nitrogens is 2. The molecule has 1 heterocycles. The molecule has 0 fully saturated rings. The van der Waals surface area contributed by atoms with Crippen molar-refractivity contribution in [2.24, 2.45) is 13.0 Å². The Kier molecular flexibility index (Phi) is 5.90. The van der Waals surface area contributed by atoms with Gasteiger partial charge in [-0.3, -0.25) is 9.40 Å². The Morgan fingerprint density at radius 2 is 1.83 bits per heavy atom. The minimum absolute atomic E-state index is 0.0498. The predicted molar refractivity (Wildman–Crippen MR) is 101 cm³/mol. The molecule has 0 saturated carbocycles. The highest BCUT2D eigenvalue weighted by atomic mass is 79.9. The van der Waals surface area contributed by atoms with Crippen LogP contribution in [0.15, 0.2) is 21.5 Å². The quantitative estimate of drug-likeness (QED) is 0.705. The van der Waals surface area contributed by atoms with E-state index in [1.165, 1.54) is 12.1 Å². The molecule has 24 heavy (non-hydrogen) atoms. The van der Waals surface area contributed by atoms with E-state index in [4.69, 9.17) is 23.2 Å². The van der Waals surface area contributed by atoms with Crippen LogP contribution in [0.5, 0.6) is 0 Å². The Bertz CT molecular complexity index is 856. The first-order valence-electron chi connectivity index (χ1n) is 7.22. The Balaban J connectivity index is 2.51. The average molecular weight is 455 g/mol. The molecule has 0 radical (unpaired) electrons. The molecule has 0 unspecified atom stereocenters. The molecular formula is C15H18BrCl2N3O2S. The van der Waals surface area contributed by atoms with Crippen LogP contribution in [0.25, 0.3) is 0 Å². The minimum Gasteiger partial charge on any atom is -0.276 e. The van der Waals surface area contributed by atoms with E-state index in [1.54, 1.807) is 18.7 Å². The fraction of sp³-hybridized carbons (Fsp3) is 0.400. The van der Waals surface area contributed by atoms with Crippen LogP contribution in [0, 0.1) is 12.8 Å². The van der Waals surface area contributed by atoms with Gasteiger partial charge in [-0.15, -0.1) is 0 Å². The topological polar surface area (TPSA) is 64.0 Å². The molecular weight excluding hydrogens is 437 g/mol. The van der Waals surface area contributed by atoms with Gasteiger partial charge in [0.05, 0.1) is 27.1 Å². The van der Waals surface area contributed by atoms with Crippen molar-refractivity contribution in [3.05, 3.63) is 38.0 Å². The van der Waals surface area contributed by atoms with Crippen LogP contribution in [0.4, 0.5) is 5.69 Å². The van der Waals surface area contributed by atoms with Gasteiger partial charge in [-0.1, -0.05) is 53.0 Å². The Morgan fingerprint density at radius 3 is 2.33 bits per heavy atom. The molecule has 0 aliphatic rings. The van der Waals surface area contributed by atoms with Crippen molar-refractivity contribution >= 4 is 54.8 Å². The maximum atomic E-state index is 12.8. The number of sulfonamides is 1. The summed E-state index contributed by atoms with van der Waals surface area (Å²) in [5, 5.41) is 4.50. The summed E-state index contributed by atoms with van der Waals surface area (Å²) in [7, 11) is -2.17. The molecule has 1 aromatic heterocycles. The number of nitrogens with one attached hydrogen (secondary N) is 1. The summed E-state index contributed by atoms with van der Waals surface area (Å²) < 4.78 is 30.5. The zero-order valence-electron chi connectivity index (χ0n) is 13.7. The fourth-order valence-electron chi connectivity index (χ4n) is 2.31. The maximum Gasteiger partial charge on any atom is 0.264 e. The second-order valence-electron chi connectivity index (χ2n) is 5.93. The Hall–Kier alpha value is -0.760. The number of hydrogen-bond acceptors (Lipinski definition) is 3. The van der Waals surface area contributed by atoms with Gasteiger partial charge in [0.25, 0.3) is 10.0 Å². The van der Waals surface area contributed by atoms with E-state index in [-0.39, 0.29) is 14.9 Å². The fourth-order valence-corrected chi connectivity index (χ4v) is 5.40. The third-order valence-corrected chi connectivity index (χ3v) is 6.20. The highest BCUT2D eigenvalue weighted by Crippen LogP contribution is 2.35. The van der Waals surface area contributed by atoms with Crippen molar-refractivity contribution in [2.45, 2.75) is 32.1 Å². The number of anilines is 1. The molecule has 9 heteroatoms. The molecule has 132 valence electrons. The van der Waals surface area contributed by atoms with Crippen molar-refractivity contribution in [1.82, 2.24) is 9.78 Å². The van der Waals surface area contributed by atoms with E-state index in [1.807, 2.05) is 13.8 Å². The normalized spacial score (nSPS) is 12.0. The van der Waals surface area contributed by atoms with Gasteiger partial charge in [-0.2, -0.15) is 5.10 Å². The van der Waals surface area contributed by atoms with Crippen LogP contribution < -0.4 is 4.72 Å². The van der Waals surface area contributed by atoms with E-state index in [9.17, 15) is 8.42 Å². The van der Waals surface area contributed by atoms with Gasteiger partial charge in [-0.05, 0) is 31.4 Å². The van der Waals surface area contributed by atoms with Crippen molar-refractivity contribution in [3.63, 3.8) is 0 Å². The first-order valence-corrected chi connectivity index (χ1v) is 10.3. The summed E-state index contributed by atoms with van der Waals surface area (Å²) in [5.74, 6) is 0.336. The van der Waals surface area contributed by atoms with E-state index in [0.29, 0.717) is 28.2 Å². The zero-order chi connectivity index (χ0) is 18.2. The molecule has 0 bridgehead atoms. The second kappa shape index (κ2) is 7.23. The van der Waals surface area contributed by atoms with Crippen LogP contribution in [0.1, 0.15) is 25.2 Å². The number of benzene rings is 1. The van der Waals surface area contributed by atoms with Crippen LogP contribution in [-0.2, 0) is 23.5 Å². The van der Waals surface area contributed by atoms with Crippen LogP contribution in [-0.4, -0.2) is 18.2 Å². The second-order valence-corrected chi connectivity index (χ2v) is 9.28. The Labute approximate surface area is 160 Å². The lowest BCUT2D eigenvalue weighted by Gasteiger charge is -2.13. The summed E-state index contributed by atoms with van der Waals surface area (Å²) in [6, 6.07) is 2.99. The van der Waals surface area contributed by atoms with Gasteiger partial charge in [0, 0.05) is 11.5 Å². The minimum atomic E-state index is -3.95. The van der Waals surface area contributed by atoms with E-state index in [2.05, 4.69) is 25.8 Å². The standard InChI is InChI=1S/C15H18BrCl2N3O2S/c1-8(2)5-13-14(9(3)21(4)19-13)20-24(22,23)15-11(17)6-10(16)7-12(15)18/h6-8,20H,5H2,1-4H3. The van der Waals surface area contributed by atoms with Gasteiger partial charge < -0.3 is 0 Å². The number of rotatable bonds is 5. The van der Waals surface area contributed by atoms with E-state index >= 15 is 0 Å². The van der Waals surface area contributed by atoms with Gasteiger partial charge in [0.2, 0.25) is 0 Å². The summed E-state index contributed by atoms with van der Waals surface area (Å²) >= 11 is 15.4. The third kappa shape index (κ3) is 4.07. The summed E-state index contributed by atoms with van der Waals surface area (Å²) in [5.41, 5.74) is 1.89. The molecule has 0 spiro atoms. The molecule has 0 aliphatic heterocycles. The highest BCUT2D eigenvalue weighted by molar-refractivity contribution is 9.10. The van der Waals surface area contributed by atoms with E-state index < -0.39 is 10.0 Å². The lowest BCUT2D eigenvalue weighted by molar-refractivity contribution is 0.600. The number of nitrogens with zero attached hydrogens (tertiary/aromatic N) is 2. The zero-order valence-corrected chi connectivity index (χ0v) is 17.6. The largest absolute Gasteiger partial charge is 0.276 e. The van der Waals surface area contributed by atoms with Crippen LogP contribution in [0.3, 0.4) is 0 Å². The van der Waals surface area contributed by atoms with Gasteiger partial charge in [0.1, 0.15) is 4.90 Å². The average Bonchev–Trinajstić information content (AvgIpc) is 2.63. The third-order valence-electron chi connectivity index (χ3n) is 3.48. The van der Waals surface area contributed by atoms with E-state index in [0.717, 1.165) is 5.69 Å². The van der Waals surface area contributed by atoms with Crippen LogP contribution >= 0.6 is 39.1 Å². The lowest BCUT2D eigenvalue weighted by Crippen LogP contribution is -2.16. The number of hydrogen-bond donors (Lipinski definition) is 1. The van der Waals surface area contributed by atoms with Crippen LogP contribution in [0.2, 0.25) is 10.0 Å². The predicted octanol–water partition coefficient (Wildman–Crippen LogP) is 4.80. The highest BCUT2D eigenvalue weighted by Gasteiger charge is 2.26. The molecule has 0 atom stereocenters. The molecule has 0 saturated heterocycles. The Morgan fingerprint density at radius 1 is 1.29 bits per heavy atom. The molecule has 1 N–H and O–H groups in total. The lowest BCUT2D eigenvalue weighted by atomic mass is 10.1. The first-order chi connectivity index (χ1) is 11.0. The van der Waals surface area contributed by atoms with Gasteiger partial charge in [0.15, 0.2) is 0 Å². The van der Waals surface area contributed by atoms with Crippen molar-refractivity contribution in [2.75, 3.05) is 4.72 Å². The van der Waals surface area contributed by atoms with Gasteiger partial charge in [-0.25, -0.2) is 8.42 Å².